The Bertz CT molecular complexity index is 1130. The van der Waals surface area contributed by atoms with Crippen LogP contribution in [0.3, 0.4) is 0 Å². The topological polar surface area (TPSA) is 58.4 Å². The molecule has 1 unspecified atom stereocenters. The minimum Gasteiger partial charge on any atom is -0.365 e. The number of aromatic nitrogens is 2. The van der Waals surface area contributed by atoms with E-state index in [0.29, 0.717) is 23.3 Å². The number of carbonyl (C=O) groups is 1. The second-order valence-electron chi connectivity index (χ2n) is 7.91. The van der Waals surface area contributed by atoms with Crippen molar-refractivity contribution in [1.82, 2.24) is 13.8 Å². The Balaban J connectivity index is 1.49. The zero-order valence-electron chi connectivity index (χ0n) is 17.3. The van der Waals surface area contributed by atoms with Crippen LogP contribution < -0.4 is 10.5 Å². The quantitative estimate of drug-likeness (QED) is 0.666. The minimum absolute atomic E-state index is 0.0104. The van der Waals surface area contributed by atoms with Crippen molar-refractivity contribution in [2.45, 2.75) is 40.3 Å². The molecular formula is C22H26N4O2S. The van der Waals surface area contributed by atoms with Crippen molar-refractivity contribution in [3.05, 3.63) is 57.5 Å². The molecule has 1 aliphatic heterocycles. The first-order chi connectivity index (χ1) is 13.8. The molecule has 4 rings (SSSR count). The van der Waals surface area contributed by atoms with E-state index in [1.54, 1.807) is 3.96 Å². The molecule has 0 N–H and O–H groups in total. The Morgan fingerprint density at radius 2 is 2.00 bits per heavy atom. The molecule has 0 bridgehead atoms. The Kier molecular flexibility index (Phi) is 5.17. The van der Waals surface area contributed by atoms with Crippen molar-refractivity contribution < 1.29 is 4.79 Å². The number of fused-ring (bicyclic) bond motifs is 1. The van der Waals surface area contributed by atoms with Gasteiger partial charge >= 0.3 is 0 Å². The number of hydrogen-bond acceptors (Lipinski definition) is 5. The van der Waals surface area contributed by atoms with Gasteiger partial charge in [0.05, 0.1) is 5.39 Å². The van der Waals surface area contributed by atoms with Crippen LogP contribution in [0.25, 0.3) is 10.2 Å². The van der Waals surface area contributed by atoms with Crippen LogP contribution in [0.5, 0.6) is 0 Å². The summed E-state index contributed by atoms with van der Waals surface area (Å²) < 4.78 is 1.55. The number of amides is 1. The van der Waals surface area contributed by atoms with Crippen LogP contribution in [0.15, 0.2) is 35.1 Å². The number of pyridine rings is 1. The van der Waals surface area contributed by atoms with E-state index in [4.69, 9.17) is 0 Å². The lowest BCUT2D eigenvalue weighted by molar-refractivity contribution is -0.132. The first-order valence-corrected chi connectivity index (χ1v) is 10.7. The van der Waals surface area contributed by atoms with Crippen LogP contribution in [-0.4, -0.2) is 45.4 Å². The van der Waals surface area contributed by atoms with Gasteiger partial charge in [-0.05, 0) is 68.6 Å². The lowest BCUT2D eigenvalue weighted by atomic mass is 10.1. The number of piperazine rings is 1. The normalized spacial score (nSPS) is 17.2. The van der Waals surface area contributed by atoms with Gasteiger partial charge in [0.25, 0.3) is 5.56 Å². The Morgan fingerprint density at radius 1 is 1.21 bits per heavy atom. The summed E-state index contributed by atoms with van der Waals surface area (Å²) in [7, 11) is 0. The number of rotatable bonds is 3. The van der Waals surface area contributed by atoms with Gasteiger partial charge in [0.15, 0.2) is 0 Å². The van der Waals surface area contributed by atoms with E-state index < -0.39 is 0 Å². The highest BCUT2D eigenvalue weighted by atomic mass is 32.1. The third-order valence-corrected chi connectivity index (χ3v) is 6.52. The highest BCUT2D eigenvalue weighted by Gasteiger charge is 2.27. The standard InChI is InChI=1S/C22H26N4O2S/c1-14-6-5-7-18(10-14)25-9-8-24(12-17(25)4)19(27)13-26-22(28)20-15(2)11-16(3)23-21(20)29-26/h5-7,10-11,17H,8-9,12-13H2,1-4H3. The highest BCUT2D eigenvalue weighted by Crippen LogP contribution is 2.23. The summed E-state index contributed by atoms with van der Waals surface area (Å²) in [6.07, 6.45) is 0. The molecule has 0 spiro atoms. The van der Waals surface area contributed by atoms with E-state index in [9.17, 15) is 9.59 Å². The molecule has 1 saturated heterocycles. The number of benzene rings is 1. The van der Waals surface area contributed by atoms with Gasteiger partial charge in [-0.15, -0.1) is 0 Å². The van der Waals surface area contributed by atoms with E-state index in [1.807, 2.05) is 24.8 Å². The molecule has 0 saturated carbocycles. The van der Waals surface area contributed by atoms with Crippen molar-refractivity contribution in [1.29, 1.82) is 0 Å². The maximum atomic E-state index is 12.9. The van der Waals surface area contributed by atoms with Crippen LogP contribution >= 0.6 is 11.5 Å². The van der Waals surface area contributed by atoms with Crippen LogP contribution in [0.4, 0.5) is 5.69 Å². The first kappa shape index (κ1) is 19.6. The first-order valence-electron chi connectivity index (χ1n) is 9.92. The Hall–Kier alpha value is -2.67. The third kappa shape index (κ3) is 3.79. The zero-order chi connectivity index (χ0) is 20.7. The summed E-state index contributed by atoms with van der Waals surface area (Å²) in [5, 5.41) is 0.631. The van der Waals surface area contributed by atoms with Crippen molar-refractivity contribution in [3.8, 4) is 0 Å². The number of aryl methyl sites for hydroxylation is 3. The molecule has 3 heterocycles. The monoisotopic (exact) mass is 410 g/mol. The van der Waals surface area contributed by atoms with Gasteiger partial charge in [0.1, 0.15) is 11.4 Å². The molecule has 3 aromatic rings. The second-order valence-corrected chi connectivity index (χ2v) is 8.92. The third-order valence-electron chi connectivity index (χ3n) is 5.54. The molecule has 1 aromatic carbocycles. The molecule has 1 aliphatic rings. The SMILES string of the molecule is Cc1cccc(N2CCN(C(=O)Cn3sc4nc(C)cc(C)c4c3=O)CC2C)c1. The van der Waals surface area contributed by atoms with E-state index in [1.165, 1.54) is 22.8 Å². The summed E-state index contributed by atoms with van der Waals surface area (Å²) in [5.74, 6) is -0.0104. The fraction of sp³-hybridized carbons (Fsp3) is 0.409. The predicted molar refractivity (Wildman–Crippen MR) is 118 cm³/mol. The van der Waals surface area contributed by atoms with Gasteiger partial charge in [-0.25, -0.2) is 4.98 Å². The maximum absolute atomic E-state index is 12.9. The molecule has 1 amide bonds. The van der Waals surface area contributed by atoms with Gasteiger partial charge in [0, 0.05) is 37.1 Å². The average molecular weight is 411 g/mol. The summed E-state index contributed by atoms with van der Waals surface area (Å²) in [6, 6.07) is 10.6. The van der Waals surface area contributed by atoms with Gasteiger partial charge in [-0.1, -0.05) is 12.1 Å². The number of nitrogens with zero attached hydrogens (tertiary/aromatic N) is 4. The summed E-state index contributed by atoms with van der Waals surface area (Å²) in [4.78, 5) is 35.1. The number of carbonyl (C=O) groups excluding carboxylic acids is 1. The summed E-state index contributed by atoms with van der Waals surface area (Å²) >= 11 is 1.28. The fourth-order valence-electron chi connectivity index (χ4n) is 4.10. The molecule has 0 radical (unpaired) electrons. The molecule has 29 heavy (non-hydrogen) atoms. The maximum Gasteiger partial charge on any atom is 0.270 e. The Morgan fingerprint density at radius 3 is 2.72 bits per heavy atom. The minimum atomic E-state index is -0.116. The fourth-order valence-corrected chi connectivity index (χ4v) is 5.18. The van der Waals surface area contributed by atoms with Gasteiger partial charge in [-0.2, -0.15) is 0 Å². The number of hydrogen-bond donors (Lipinski definition) is 0. The summed E-state index contributed by atoms with van der Waals surface area (Å²) in [5.41, 5.74) is 4.12. The van der Waals surface area contributed by atoms with Gasteiger partial charge in [0.2, 0.25) is 5.91 Å². The second kappa shape index (κ2) is 7.63. The molecule has 0 aliphatic carbocycles. The average Bonchev–Trinajstić information content (AvgIpc) is 2.97. The Labute approximate surface area is 174 Å². The molecule has 152 valence electrons. The van der Waals surface area contributed by atoms with Crippen LogP contribution in [0.1, 0.15) is 23.7 Å². The summed E-state index contributed by atoms with van der Waals surface area (Å²) in [6.45, 7) is 10.3. The van der Waals surface area contributed by atoms with Crippen molar-refractivity contribution in [2.75, 3.05) is 24.5 Å². The lowest BCUT2D eigenvalue weighted by Gasteiger charge is -2.41. The van der Waals surface area contributed by atoms with E-state index >= 15 is 0 Å². The number of anilines is 1. The molecule has 2 aromatic heterocycles. The van der Waals surface area contributed by atoms with Crippen molar-refractivity contribution >= 4 is 33.3 Å². The van der Waals surface area contributed by atoms with Gasteiger partial charge < -0.3 is 9.80 Å². The smallest absolute Gasteiger partial charge is 0.270 e. The predicted octanol–water partition coefficient (Wildman–Crippen LogP) is 3.12. The van der Waals surface area contributed by atoms with E-state index in [2.05, 4.69) is 48.0 Å². The van der Waals surface area contributed by atoms with Crippen LogP contribution in [-0.2, 0) is 11.3 Å². The molecular weight excluding hydrogens is 384 g/mol. The zero-order valence-corrected chi connectivity index (χ0v) is 18.1. The van der Waals surface area contributed by atoms with Crippen molar-refractivity contribution in [2.24, 2.45) is 0 Å². The van der Waals surface area contributed by atoms with Crippen LogP contribution in [0, 0.1) is 20.8 Å². The van der Waals surface area contributed by atoms with Crippen LogP contribution in [0.2, 0.25) is 0 Å². The molecule has 6 nitrogen and oxygen atoms in total. The van der Waals surface area contributed by atoms with E-state index in [-0.39, 0.29) is 24.1 Å². The molecule has 1 fully saturated rings. The van der Waals surface area contributed by atoms with Crippen molar-refractivity contribution in [3.63, 3.8) is 0 Å². The van der Waals surface area contributed by atoms with E-state index in [0.717, 1.165) is 17.8 Å². The molecule has 1 atom stereocenters. The highest BCUT2D eigenvalue weighted by molar-refractivity contribution is 7.13. The lowest BCUT2D eigenvalue weighted by Crippen LogP contribution is -2.54. The molecule has 7 heteroatoms. The van der Waals surface area contributed by atoms with Gasteiger partial charge in [-0.3, -0.25) is 13.5 Å². The largest absolute Gasteiger partial charge is 0.365 e.